The Kier molecular flexibility index (Phi) is 6.79. The Balaban J connectivity index is 1.64. The Morgan fingerprint density at radius 2 is 1.93 bits per heavy atom. The van der Waals surface area contributed by atoms with Crippen molar-refractivity contribution in [3.63, 3.8) is 0 Å². The van der Waals surface area contributed by atoms with Gasteiger partial charge in [0.1, 0.15) is 6.61 Å². The number of thioether (sulfide) groups is 1. The van der Waals surface area contributed by atoms with Crippen molar-refractivity contribution in [3.8, 4) is 0 Å². The lowest BCUT2D eigenvalue weighted by Crippen LogP contribution is -2.27. The number of anilines is 1. The number of esters is 1. The fraction of sp³-hybridized carbons (Fsp3) is 0.391. The number of rotatable bonds is 7. The molecule has 2 aromatic rings. The third-order valence-electron chi connectivity index (χ3n) is 5.37. The van der Waals surface area contributed by atoms with Gasteiger partial charge in [0.2, 0.25) is 5.91 Å². The summed E-state index contributed by atoms with van der Waals surface area (Å²) in [5, 5.41) is 0. The highest BCUT2D eigenvalue weighted by Crippen LogP contribution is 2.33. The van der Waals surface area contributed by atoms with Crippen LogP contribution in [0.5, 0.6) is 0 Å². The molecule has 0 N–H and O–H groups in total. The zero-order chi connectivity index (χ0) is 20.1. The van der Waals surface area contributed by atoms with Gasteiger partial charge in [-0.25, -0.2) is 0 Å². The molecule has 1 heterocycles. The highest BCUT2D eigenvalue weighted by Gasteiger charge is 2.37. The summed E-state index contributed by atoms with van der Waals surface area (Å²) in [5.74, 6) is -0.366. The predicted molar refractivity (Wildman–Crippen MR) is 114 cm³/mol. The number of carbonyl (C=O) groups excluding carboxylic acids is 2. The van der Waals surface area contributed by atoms with Crippen LogP contribution in [0.3, 0.4) is 0 Å². The predicted octanol–water partition coefficient (Wildman–Crippen LogP) is 5.02. The van der Waals surface area contributed by atoms with Crippen molar-refractivity contribution < 1.29 is 14.3 Å². The maximum Gasteiger partial charge on any atom is 0.311 e. The Morgan fingerprint density at radius 1 is 1.21 bits per heavy atom. The third-order valence-corrected chi connectivity index (χ3v) is 6.11. The summed E-state index contributed by atoms with van der Waals surface area (Å²) in [5.41, 5.74) is 3.03. The lowest BCUT2D eigenvalue weighted by atomic mass is 9.96. The molecule has 1 saturated heterocycles. The van der Waals surface area contributed by atoms with Crippen molar-refractivity contribution in [1.29, 1.82) is 0 Å². The first kappa shape index (κ1) is 20.5. The van der Waals surface area contributed by atoms with Gasteiger partial charge >= 0.3 is 5.97 Å². The van der Waals surface area contributed by atoms with E-state index in [1.165, 1.54) is 4.90 Å². The van der Waals surface area contributed by atoms with Crippen molar-refractivity contribution in [2.24, 2.45) is 5.92 Å². The molecule has 0 spiro atoms. The summed E-state index contributed by atoms with van der Waals surface area (Å²) >= 11 is 1.67. The van der Waals surface area contributed by atoms with Gasteiger partial charge in [0.05, 0.1) is 5.92 Å². The minimum atomic E-state index is -0.414. The molecule has 0 aromatic heterocycles. The van der Waals surface area contributed by atoms with Crippen molar-refractivity contribution in [3.05, 3.63) is 59.7 Å². The summed E-state index contributed by atoms with van der Waals surface area (Å²) in [6.45, 7) is 4.92. The van der Waals surface area contributed by atoms with E-state index < -0.39 is 5.92 Å². The van der Waals surface area contributed by atoms with E-state index in [2.05, 4.69) is 19.9 Å². The van der Waals surface area contributed by atoms with Gasteiger partial charge in [-0.2, -0.15) is 0 Å². The maximum absolute atomic E-state index is 12.6. The van der Waals surface area contributed by atoms with Gasteiger partial charge in [-0.05, 0) is 47.9 Å². The lowest BCUT2D eigenvalue weighted by molar-refractivity contribution is -0.149. The molecule has 1 aliphatic rings. The van der Waals surface area contributed by atoms with Gasteiger partial charge in [-0.3, -0.25) is 9.59 Å². The number of hydrogen-bond acceptors (Lipinski definition) is 4. The van der Waals surface area contributed by atoms with Gasteiger partial charge in [-0.1, -0.05) is 44.2 Å². The van der Waals surface area contributed by atoms with Crippen LogP contribution in [-0.2, 0) is 20.9 Å². The van der Waals surface area contributed by atoms with Gasteiger partial charge in [0, 0.05) is 23.5 Å². The SMILES string of the molecule is CC[C@@H](C)c1ccccc1N1C[C@@H](C(=O)OCc2ccc(SC)cc2)CC1=O. The standard InChI is InChI=1S/C23H27NO3S/c1-4-16(2)20-7-5-6-8-21(20)24-14-18(13-22(24)25)23(26)27-15-17-9-11-19(28-3)12-10-17/h5-12,16,18H,4,13-15H2,1-3H3/t16-,18+/m1/s1. The molecule has 0 bridgehead atoms. The molecule has 3 rings (SSSR count). The zero-order valence-corrected chi connectivity index (χ0v) is 17.5. The molecule has 1 aliphatic heterocycles. The summed E-state index contributed by atoms with van der Waals surface area (Å²) in [4.78, 5) is 28.1. The Bertz CT molecular complexity index is 834. The van der Waals surface area contributed by atoms with Crippen molar-refractivity contribution >= 4 is 29.3 Å². The Morgan fingerprint density at radius 3 is 2.61 bits per heavy atom. The van der Waals surface area contributed by atoms with E-state index in [0.29, 0.717) is 12.5 Å². The molecule has 1 fully saturated rings. The Labute approximate surface area is 171 Å². The maximum atomic E-state index is 12.6. The number of hydrogen-bond donors (Lipinski definition) is 0. The van der Waals surface area contributed by atoms with Crippen LogP contribution in [0, 0.1) is 5.92 Å². The van der Waals surface area contributed by atoms with E-state index in [-0.39, 0.29) is 24.9 Å². The van der Waals surface area contributed by atoms with Crippen molar-refractivity contribution in [2.45, 2.75) is 44.1 Å². The highest BCUT2D eigenvalue weighted by molar-refractivity contribution is 7.98. The number of amides is 1. The minimum absolute atomic E-state index is 0.0120. The lowest BCUT2D eigenvalue weighted by Gasteiger charge is -2.23. The van der Waals surface area contributed by atoms with Crippen LogP contribution in [0.4, 0.5) is 5.69 Å². The van der Waals surface area contributed by atoms with Gasteiger partial charge in [-0.15, -0.1) is 11.8 Å². The molecule has 5 heteroatoms. The van der Waals surface area contributed by atoms with Crippen LogP contribution in [0.1, 0.15) is 43.7 Å². The van der Waals surface area contributed by atoms with Crippen LogP contribution >= 0.6 is 11.8 Å². The molecule has 0 saturated carbocycles. The summed E-state index contributed by atoms with van der Waals surface area (Å²) in [7, 11) is 0. The number of carbonyl (C=O) groups is 2. The molecule has 2 aromatic carbocycles. The molecule has 4 nitrogen and oxygen atoms in total. The molecule has 0 radical (unpaired) electrons. The first-order valence-corrected chi connectivity index (χ1v) is 10.9. The molecule has 2 atom stereocenters. The molecular weight excluding hydrogens is 370 g/mol. The Hall–Kier alpha value is -2.27. The topological polar surface area (TPSA) is 46.6 Å². The first-order chi connectivity index (χ1) is 13.5. The first-order valence-electron chi connectivity index (χ1n) is 9.72. The largest absolute Gasteiger partial charge is 0.461 e. The number of benzene rings is 2. The second-order valence-corrected chi connectivity index (χ2v) is 8.11. The van der Waals surface area contributed by atoms with Gasteiger partial charge in [0.15, 0.2) is 0 Å². The number of ether oxygens (including phenoxy) is 1. The molecule has 0 aliphatic carbocycles. The average molecular weight is 398 g/mol. The van der Waals surface area contributed by atoms with Gasteiger partial charge < -0.3 is 9.64 Å². The summed E-state index contributed by atoms with van der Waals surface area (Å²) in [6, 6.07) is 15.9. The second kappa shape index (κ2) is 9.28. The van der Waals surface area contributed by atoms with Crippen LogP contribution < -0.4 is 4.90 Å². The summed E-state index contributed by atoms with van der Waals surface area (Å²) in [6.07, 6.45) is 3.23. The van der Waals surface area contributed by atoms with Gasteiger partial charge in [0.25, 0.3) is 0 Å². The fourth-order valence-electron chi connectivity index (χ4n) is 3.46. The van der Waals surface area contributed by atoms with Crippen LogP contribution in [-0.4, -0.2) is 24.7 Å². The highest BCUT2D eigenvalue weighted by atomic mass is 32.2. The average Bonchev–Trinajstić information content (AvgIpc) is 3.13. The van der Waals surface area contributed by atoms with Crippen LogP contribution in [0.2, 0.25) is 0 Å². The van der Waals surface area contributed by atoms with E-state index in [1.807, 2.05) is 48.7 Å². The van der Waals surface area contributed by atoms with E-state index in [9.17, 15) is 9.59 Å². The molecule has 0 unspecified atom stereocenters. The van der Waals surface area contributed by atoms with E-state index >= 15 is 0 Å². The quantitative estimate of drug-likeness (QED) is 0.486. The molecular formula is C23H27NO3S. The molecule has 1 amide bonds. The molecule has 148 valence electrons. The number of nitrogens with zero attached hydrogens (tertiary/aromatic N) is 1. The number of para-hydroxylation sites is 1. The summed E-state index contributed by atoms with van der Waals surface area (Å²) < 4.78 is 5.49. The van der Waals surface area contributed by atoms with Crippen molar-refractivity contribution in [2.75, 3.05) is 17.7 Å². The monoisotopic (exact) mass is 397 g/mol. The molecule has 28 heavy (non-hydrogen) atoms. The smallest absolute Gasteiger partial charge is 0.311 e. The van der Waals surface area contributed by atoms with Crippen molar-refractivity contribution in [1.82, 2.24) is 0 Å². The van der Waals surface area contributed by atoms with E-state index in [0.717, 1.165) is 23.2 Å². The normalized spacial score (nSPS) is 17.6. The van der Waals surface area contributed by atoms with Crippen LogP contribution in [0.15, 0.2) is 53.4 Å². The van der Waals surface area contributed by atoms with Crippen LogP contribution in [0.25, 0.3) is 0 Å². The van der Waals surface area contributed by atoms with E-state index in [4.69, 9.17) is 4.74 Å². The second-order valence-electron chi connectivity index (χ2n) is 7.23. The minimum Gasteiger partial charge on any atom is -0.461 e. The zero-order valence-electron chi connectivity index (χ0n) is 16.7. The fourth-order valence-corrected chi connectivity index (χ4v) is 3.87. The third kappa shape index (κ3) is 4.58. The van der Waals surface area contributed by atoms with E-state index in [1.54, 1.807) is 16.7 Å².